The maximum Gasteiger partial charge on any atom is 0.264 e. The lowest BCUT2D eigenvalue weighted by Gasteiger charge is -2.25. The molecule has 0 saturated heterocycles. The molecule has 1 amide bonds. The molecule has 0 fully saturated rings. The number of aryl methyl sites for hydroxylation is 2. The Kier molecular flexibility index (Phi) is 7.82. The largest absolute Gasteiger partial charge is 0.324 e. The van der Waals surface area contributed by atoms with Gasteiger partial charge < -0.3 is 5.32 Å². The van der Waals surface area contributed by atoms with E-state index < -0.39 is 10.0 Å². The van der Waals surface area contributed by atoms with E-state index in [1.807, 2.05) is 44.2 Å². The fourth-order valence-electron chi connectivity index (χ4n) is 3.83. The van der Waals surface area contributed by atoms with Gasteiger partial charge in [0.1, 0.15) is 6.54 Å². The van der Waals surface area contributed by atoms with Gasteiger partial charge in [0, 0.05) is 5.69 Å². The van der Waals surface area contributed by atoms with Crippen LogP contribution in [0.25, 0.3) is 0 Å². The van der Waals surface area contributed by atoms with Gasteiger partial charge in [-0.2, -0.15) is 0 Å². The zero-order chi connectivity index (χ0) is 25.0. The zero-order valence-corrected chi connectivity index (χ0v) is 21.6. The molecule has 0 aliphatic rings. The van der Waals surface area contributed by atoms with E-state index in [1.165, 1.54) is 4.31 Å². The van der Waals surface area contributed by atoms with Gasteiger partial charge in [-0.1, -0.05) is 75.7 Å². The number of nitrogens with zero attached hydrogens (tertiary/aromatic N) is 1. The number of rotatable bonds is 8. The number of carbonyl (C=O) groups excluding carboxylic acids is 1. The Morgan fingerprint density at radius 2 is 1.47 bits per heavy atom. The van der Waals surface area contributed by atoms with Crippen LogP contribution in [0.15, 0.2) is 71.6 Å². The Morgan fingerprint density at radius 3 is 2.03 bits per heavy atom. The van der Waals surface area contributed by atoms with E-state index in [0.29, 0.717) is 11.6 Å². The third kappa shape index (κ3) is 5.68. The van der Waals surface area contributed by atoms with Crippen LogP contribution >= 0.6 is 0 Å². The molecule has 0 heterocycles. The number of para-hydroxylation sites is 1. The van der Waals surface area contributed by atoms with E-state index >= 15 is 0 Å². The van der Waals surface area contributed by atoms with Crippen LogP contribution in [0.2, 0.25) is 0 Å². The average molecular weight is 479 g/mol. The van der Waals surface area contributed by atoms with Crippen molar-refractivity contribution in [3.8, 4) is 0 Å². The van der Waals surface area contributed by atoms with Crippen LogP contribution in [0.3, 0.4) is 0 Å². The molecule has 3 aromatic carbocycles. The Morgan fingerprint density at radius 1 is 0.853 bits per heavy atom. The van der Waals surface area contributed by atoms with Crippen molar-refractivity contribution in [3.63, 3.8) is 0 Å². The highest BCUT2D eigenvalue weighted by atomic mass is 32.2. The van der Waals surface area contributed by atoms with Crippen LogP contribution in [0.5, 0.6) is 0 Å². The summed E-state index contributed by atoms with van der Waals surface area (Å²) in [6.07, 6.45) is 0. The fraction of sp³-hybridized carbons (Fsp3) is 0.321. The molecule has 34 heavy (non-hydrogen) atoms. The van der Waals surface area contributed by atoms with Crippen molar-refractivity contribution in [3.05, 3.63) is 89.0 Å². The molecule has 1 N–H and O–H groups in total. The first-order valence-corrected chi connectivity index (χ1v) is 13.0. The highest BCUT2D eigenvalue weighted by Crippen LogP contribution is 2.29. The molecule has 6 heteroatoms. The van der Waals surface area contributed by atoms with Gasteiger partial charge in [-0.3, -0.25) is 9.10 Å². The number of carbonyl (C=O) groups is 1. The first kappa shape index (κ1) is 25.5. The van der Waals surface area contributed by atoms with E-state index in [9.17, 15) is 13.2 Å². The van der Waals surface area contributed by atoms with Crippen LogP contribution in [0.4, 0.5) is 11.4 Å². The summed E-state index contributed by atoms with van der Waals surface area (Å²) in [4.78, 5) is 13.4. The molecule has 0 aliphatic heterocycles. The average Bonchev–Trinajstić information content (AvgIpc) is 2.79. The van der Waals surface area contributed by atoms with Gasteiger partial charge in [0.25, 0.3) is 10.0 Å². The van der Waals surface area contributed by atoms with Crippen LogP contribution in [0.1, 0.15) is 61.8 Å². The topological polar surface area (TPSA) is 66.5 Å². The third-order valence-electron chi connectivity index (χ3n) is 5.94. The highest BCUT2D eigenvalue weighted by molar-refractivity contribution is 7.92. The van der Waals surface area contributed by atoms with Gasteiger partial charge in [0.05, 0.1) is 10.6 Å². The number of benzene rings is 3. The summed E-state index contributed by atoms with van der Waals surface area (Å²) >= 11 is 0. The number of sulfonamides is 1. The normalized spacial score (nSPS) is 11.6. The Labute approximate surface area is 203 Å². The van der Waals surface area contributed by atoms with Gasteiger partial charge in [-0.25, -0.2) is 8.42 Å². The molecule has 5 nitrogen and oxygen atoms in total. The van der Waals surface area contributed by atoms with E-state index in [1.54, 1.807) is 36.4 Å². The van der Waals surface area contributed by atoms with E-state index in [-0.39, 0.29) is 23.3 Å². The molecule has 0 saturated carbocycles. The summed E-state index contributed by atoms with van der Waals surface area (Å²) in [5.41, 5.74) is 5.21. The Balaban J connectivity index is 1.99. The number of hydrogen-bond acceptors (Lipinski definition) is 3. The summed E-state index contributed by atoms with van der Waals surface area (Å²) in [7, 11) is -3.96. The van der Waals surface area contributed by atoms with Gasteiger partial charge >= 0.3 is 0 Å². The van der Waals surface area contributed by atoms with Crippen molar-refractivity contribution in [2.75, 3.05) is 16.2 Å². The molecular weight excluding hydrogens is 444 g/mol. The zero-order valence-electron chi connectivity index (χ0n) is 20.8. The standard InChI is InChI=1S/C28H34N2O3S/c1-19(2)23-12-14-24(15-13-23)30(34(32,33)25-16-10-21(5)11-17-25)18-27(31)29-28-22(6)8-7-9-26(28)20(3)4/h7-17,19-20H,18H2,1-6H3,(H,29,31). The maximum absolute atomic E-state index is 13.6. The fourth-order valence-corrected chi connectivity index (χ4v) is 5.25. The van der Waals surface area contributed by atoms with Crippen LogP contribution in [0, 0.1) is 13.8 Å². The minimum atomic E-state index is -3.96. The van der Waals surface area contributed by atoms with Crippen molar-refractivity contribution in [1.29, 1.82) is 0 Å². The van der Waals surface area contributed by atoms with Crippen LogP contribution < -0.4 is 9.62 Å². The molecule has 0 unspecified atom stereocenters. The van der Waals surface area contributed by atoms with Gasteiger partial charge in [0.15, 0.2) is 0 Å². The molecule has 0 aliphatic carbocycles. The van der Waals surface area contributed by atoms with Crippen molar-refractivity contribution in [1.82, 2.24) is 0 Å². The molecule has 0 aromatic heterocycles. The number of amides is 1. The van der Waals surface area contributed by atoms with Crippen molar-refractivity contribution >= 4 is 27.3 Å². The number of anilines is 2. The smallest absolute Gasteiger partial charge is 0.264 e. The van der Waals surface area contributed by atoms with Crippen LogP contribution in [-0.4, -0.2) is 20.9 Å². The molecule has 0 atom stereocenters. The van der Waals surface area contributed by atoms with Crippen molar-refractivity contribution < 1.29 is 13.2 Å². The van der Waals surface area contributed by atoms with E-state index in [2.05, 4.69) is 33.0 Å². The summed E-state index contributed by atoms with van der Waals surface area (Å²) in [5.74, 6) is 0.140. The maximum atomic E-state index is 13.6. The third-order valence-corrected chi connectivity index (χ3v) is 7.72. The summed E-state index contributed by atoms with van der Waals surface area (Å²) in [6.45, 7) is 11.8. The lowest BCUT2D eigenvalue weighted by atomic mass is 9.98. The second-order valence-corrected chi connectivity index (χ2v) is 11.2. The quantitative estimate of drug-likeness (QED) is 0.408. The highest BCUT2D eigenvalue weighted by Gasteiger charge is 2.28. The predicted octanol–water partition coefficient (Wildman–Crippen LogP) is 6.38. The van der Waals surface area contributed by atoms with Crippen molar-refractivity contribution in [2.45, 2.75) is 58.3 Å². The second kappa shape index (κ2) is 10.4. The van der Waals surface area contributed by atoms with Crippen molar-refractivity contribution in [2.24, 2.45) is 0 Å². The van der Waals surface area contributed by atoms with Gasteiger partial charge in [0.2, 0.25) is 5.91 Å². The number of hydrogen-bond donors (Lipinski definition) is 1. The lowest BCUT2D eigenvalue weighted by Crippen LogP contribution is -2.38. The molecule has 0 spiro atoms. The predicted molar refractivity (Wildman–Crippen MR) is 140 cm³/mol. The molecule has 0 bridgehead atoms. The summed E-state index contributed by atoms with van der Waals surface area (Å²) in [5, 5.41) is 2.98. The Bertz CT molecular complexity index is 1250. The summed E-state index contributed by atoms with van der Waals surface area (Å²) in [6, 6.07) is 19.9. The first-order valence-electron chi connectivity index (χ1n) is 11.6. The van der Waals surface area contributed by atoms with Crippen LogP contribution in [-0.2, 0) is 14.8 Å². The van der Waals surface area contributed by atoms with E-state index in [4.69, 9.17) is 0 Å². The molecule has 0 radical (unpaired) electrons. The SMILES string of the molecule is Cc1ccc(S(=O)(=O)N(CC(=O)Nc2c(C)cccc2C(C)C)c2ccc(C(C)C)cc2)cc1. The molecule has 180 valence electrons. The molecule has 3 aromatic rings. The number of nitrogens with one attached hydrogen (secondary N) is 1. The summed E-state index contributed by atoms with van der Waals surface area (Å²) < 4.78 is 28.5. The first-order chi connectivity index (χ1) is 16.0. The second-order valence-electron chi connectivity index (χ2n) is 9.31. The lowest BCUT2D eigenvalue weighted by molar-refractivity contribution is -0.114. The molecule has 3 rings (SSSR count). The van der Waals surface area contributed by atoms with E-state index in [0.717, 1.165) is 27.9 Å². The van der Waals surface area contributed by atoms with Gasteiger partial charge in [-0.05, 0) is 66.6 Å². The monoisotopic (exact) mass is 478 g/mol. The molecular formula is C28H34N2O3S. The Hall–Kier alpha value is -3.12. The minimum Gasteiger partial charge on any atom is -0.324 e. The van der Waals surface area contributed by atoms with Gasteiger partial charge in [-0.15, -0.1) is 0 Å². The minimum absolute atomic E-state index is 0.151.